The lowest BCUT2D eigenvalue weighted by Gasteiger charge is -2.13. The maximum Gasteiger partial charge on any atom is 0.275 e. The molecule has 0 radical (unpaired) electrons. The van der Waals surface area contributed by atoms with Crippen molar-refractivity contribution in [3.05, 3.63) is 88.3 Å². The number of hydrogen-bond donors (Lipinski definition) is 2. The average Bonchev–Trinajstić information content (AvgIpc) is 3.45. The van der Waals surface area contributed by atoms with E-state index < -0.39 is 0 Å². The van der Waals surface area contributed by atoms with Crippen LogP contribution in [0.4, 0.5) is 0 Å². The molecular weight excluding hydrogens is 440 g/mol. The van der Waals surface area contributed by atoms with Crippen molar-refractivity contribution in [2.24, 2.45) is 5.73 Å². The number of nitrogens with two attached hydrogens (primary N) is 1. The highest BCUT2D eigenvalue weighted by Gasteiger charge is 2.23. The Morgan fingerprint density at radius 2 is 1.74 bits per heavy atom. The first-order valence-electron chi connectivity index (χ1n) is 11.9. The number of aromatic amines is 1. The number of unbranched alkanes of at least 4 members (excludes halogenated alkanes) is 1. The fourth-order valence-electron chi connectivity index (χ4n) is 4.91. The van der Waals surface area contributed by atoms with Gasteiger partial charge in [0.2, 0.25) is 6.79 Å². The van der Waals surface area contributed by atoms with Crippen molar-refractivity contribution in [1.82, 2.24) is 14.5 Å². The van der Waals surface area contributed by atoms with E-state index in [2.05, 4.69) is 33.8 Å². The van der Waals surface area contributed by atoms with E-state index in [0.29, 0.717) is 41.2 Å². The molecule has 7 nitrogen and oxygen atoms in total. The van der Waals surface area contributed by atoms with Gasteiger partial charge in [0.15, 0.2) is 11.5 Å². The van der Waals surface area contributed by atoms with Crippen LogP contribution in [0.3, 0.4) is 0 Å². The van der Waals surface area contributed by atoms with Gasteiger partial charge in [0.05, 0.1) is 11.0 Å². The van der Waals surface area contributed by atoms with Gasteiger partial charge in [-0.1, -0.05) is 48.5 Å². The normalized spacial score (nSPS) is 12.6. The molecule has 0 amide bonds. The number of ether oxygens (including phenoxy) is 2. The van der Waals surface area contributed by atoms with Crippen LogP contribution in [-0.4, -0.2) is 27.9 Å². The number of fused-ring (bicyclic) bond motifs is 3. The molecule has 3 heterocycles. The minimum atomic E-state index is -0.226. The third kappa shape index (κ3) is 3.84. The molecule has 5 aromatic rings. The lowest BCUT2D eigenvalue weighted by atomic mass is 10.0. The number of rotatable bonds is 7. The maximum atomic E-state index is 13.4. The summed E-state index contributed by atoms with van der Waals surface area (Å²) >= 11 is 0. The molecule has 0 saturated heterocycles. The molecule has 0 fully saturated rings. The topological polar surface area (TPSA) is 95.2 Å². The molecule has 2 aromatic heterocycles. The summed E-state index contributed by atoms with van der Waals surface area (Å²) in [5.41, 5.74) is 11.5. The highest BCUT2D eigenvalue weighted by molar-refractivity contribution is 5.98. The molecule has 3 aromatic carbocycles. The summed E-state index contributed by atoms with van der Waals surface area (Å²) in [6.07, 6.45) is 2.59. The van der Waals surface area contributed by atoms with Crippen molar-refractivity contribution in [3.8, 4) is 22.8 Å². The smallest absolute Gasteiger partial charge is 0.275 e. The van der Waals surface area contributed by atoms with E-state index in [1.807, 2.05) is 36.4 Å². The molecule has 0 saturated carbocycles. The zero-order chi connectivity index (χ0) is 23.8. The molecule has 35 heavy (non-hydrogen) atoms. The van der Waals surface area contributed by atoms with Crippen LogP contribution in [0.25, 0.3) is 33.2 Å². The van der Waals surface area contributed by atoms with E-state index in [0.717, 1.165) is 41.5 Å². The van der Waals surface area contributed by atoms with Gasteiger partial charge in [-0.15, -0.1) is 0 Å². The van der Waals surface area contributed by atoms with Crippen molar-refractivity contribution in [1.29, 1.82) is 0 Å². The molecular formula is C28H26N4O3. The van der Waals surface area contributed by atoms with Crippen LogP contribution >= 0.6 is 0 Å². The van der Waals surface area contributed by atoms with Gasteiger partial charge < -0.3 is 24.8 Å². The van der Waals surface area contributed by atoms with Gasteiger partial charge in [-0.05, 0) is 31.0 Å². The van der Waals surface area contributed by atoms with E-state index in [1.165, 1.54) is 5.56 Å². The van der Waals surface area contributed by atoms with Gasteiger partial charge in [0, 0.05) is 47.3 Å². The van der Waals surface area contributed by atoms with Crippen LogP contribution in [0, 0.1) is 0 Å². The van der Waals surface area contributed by atoms with Crippen LogP contribution in [0.5, 0.6) is 11.5 Å². The number of H-pyrrole nitrogens is 1. The largest absolute Gasteiger partial charge is 0.454 e. The minimum Gasteiger partial charge on any atom is -0.454 e. The number of aromatic nitrogens is 3. The van der Waals surface area contributed by atoms with Crippen molar-refractivity contribution in [3.63, 3.8) is 0 Å². The number of hydrogen-bond acceptors (Lipinski definition) is 5. The molecule has 176 valence electrons. The highest BCUT2D eigenvalue weighted by Crippen LogP contribution is 2.37. The van der Waals surface area contributed by atoms with Gasteiger partial charge in [-0.2, -0.15) is 0 Å². The van der Waals surface area contributed by atoms with Crippen molar-refractivity contribution in [2.75, 3.05) is 13.3 Å². The summed E-state index contributed by atoms with van der Waals surface area (Å²) in [4.78, 5) is 21.3. The molecule has 0 atom stereocenters. The summed E-state index contributed by atoms with van der Waals surface area (Å²) in [7, 11) is 0. The van der Waals surface area contributed by atoms with Crippen molar-refractivity contribution >= 4 is 21.9 Å². The summed E-state index contributed by atoms with van der Waals surface area (Å²) in [5.74, 6) is 1.25. The number of aryl methyl sites for hydroxylation is 1. The molecule has 3 N–H and O–H groups in total. The first kappa shape index (κ1) is 21.4. The first-order chi connectivity index (χ1) is 17.2. The lowest BCUT2D eigenvalue weighted by Crippen LogP contribution is -2.13. The van der Waals surface area contributed by atoms with Gasteiger partial charge in [0.25, 0.3) is 5.56 Å². The lowest BCUT2D eigenvalue weighted by molar-refractivity contribution is 0.174. The van der Waals surface area contributed by atoms with Crippen molar-refractivity contribution in [2.45, 2.75) is 25.8 Å². The Bertz CT molecular complexity index is 1590. The summed E-state index contributed by atoms with van der Waals surface area (Å²) in [6.45, 7) is 1.65. The summed E-state index contributed by atoms with van der Waals surface area (Å²) < 4.78 is 13.3. The zero-order valence-corrected chi connectivity index (χ0v) is 19.3. The van der Waals surface area contributed by atoms with E-state index >= 15 is 0 Å². The zero-order valence-electron chi connectivity index (χ0n) is 19.3. The van der Waals surface area contributed by atoms with Crippen LogP contribution in [0.1, 0.15) is 24.1 Å². The average molecular weight is 467 g/mol. The van der Waals surface area contributed by atoms with Crippen LogP contribution in [0.2, 0.25) is 0 Å². The van der Waals surface area contributed by atoms with E-state index in [1.54, 1.807) is 6.07 Å². The minimum absolute atomic E-state index is 0.167. The van der Waals surface area contributed by atoms with Crippen LogP contribution < -0.4 is 20.8 Å². The second kappa shape index (κ2) is 8.92. The van der Waals surface area contributed by atoms with Crippen LogP contribution in [-0.2, 0) is 13.0 Å². The number of benzene rings is 3. The van der Waals surface area contributed by atoms with Gasteiger partial charge >= 0.3 is 0 Å². The number of nitrogens with one attached hydrogen (secondary N) is 1. The number of nitrogens with zero attached hydrogens (tertiary/aromatic N) is 2. The first-order valence-corrected chi connectivity index (χ1v) is 11.9. The standard InChI is InChI=1S/C28H26N4O3/c29-12-6-7-13-32-22-11-5-4-10-19(22)26(23(32)14-18-8-2-1-3-9-18)27-28(33)31-21-16-25-24(34-17-35-25)15-20(21)30-27/h1-5,8-11,15-16H,6-7,12-14,17,29H2,(H,31,33). The Balaban J connectivity index is 1.60. The predicted octanol–water partition coefficient (Wildman–Crippen LogP) is 4.60. The Labute approximate surface area is 202 Å². The molecule has 6 rings (SSSR count). The molecule has 1 aliphatic heterocycles. The monoisotopic (exact) mass is 466 g/mol. The van der Waals surface area contributed by atoms with E-state index in [4.69, 9.17) is 20.2 Å². The van der Waals surface area contributed by atoms with Crippen molar-refractivity contribution < 1.29 is 9.47 Å². The van der Waals surface area contributed by atoms with Crippen LogP contribution in [0.15, 0.2) is 71.5 Å². The summed E-state index contributed by atoms with van der Waals surface area (Å²) in [5, 5.41) is 1.02. The van der Waals surface area contributed by atoms with Gasteiger partial charge in [-0.25, -0.2) is 4.98 Å². The third-order valence-electron chi connectivity index (χ3n) is 6.55. The Kier molecular flexibility index (Phi) is 5.47. The third-order valence-corrected chi connectivity index (χ3v) is 6.55. The fourth-order valence-corrected chi connectivity index (χ4v) is 4.91. The summed E-state index contributed by atoms with van der Waals surface area (Å²) in [6, 6.07) is 22.2. The second-order valence-corrected chi connectivity index (χ2v) is 8.79. The second-order valence-electron chi connectivity index (χ2n) is 8.79. The van der Waals surface area contributed by atoms with Gasteiger partial charge in [0.1, 0.15) is 5.69 Å². The molecule has 1 aliphatic rings. The maximum absolute atomic E-state index is 13.4. The molecule has 0 spiro atoms. The Hall–Kier alpha value is -4.10. The molecule has 7 heteroatoms. The SMILES string of the molecule is NCCCCn1c(Cc2ccccc2)c(-c2nc3cc4c(cc3[nH]c2=O)OCO4)c2ccccc21. The Morgan fingerprint density at radius 3 is 2.57 bits per heavy atom. The fraction of sp³-hybridized carbons (Fsp3) is 0.214. The molecule has 0 aliphatic carbocycles. The molecule has 0 unspecified atom stereocenters. The van der Waals surface area contributed by atoms with E-state index in [-0.39, 0.29) is 12.4 Å². The predicted molar refractivity (Wildman–Crippen MR) is 137 cm³/mol. The highest BCUT2D eigenvalue weighted by atomic mass is 16.7. The molecule has 0 bridgehead atoms. The number of para-hydroxylation sites is 1. The van der Waals surface area contributed by atoms with Gasteiger partial charge in [-0.3, -0.25) is 4.79 Å². The Morgan fingerprint density at radius 1 is 0.971 bits per heavy atom. The quantitative estimate of drug-likeness (QED) is 0.342. The van der Waals surface area contributed by atoms with E-state index in [9.17, 15) is 4.79 Å².